The first-order valence-corrected chi connectivity index (χ1v) is 7.46. The zero-order valence-electron chi connectivity index (χ0n) is 13.8. The van der Waals surface area contributed by atoms with Crippen LogP contribution in [0.25, 0.3) is 0 Å². The molecule has 0 radical (unpaired) electrons. The highest BCUT2D eigenvalue weighted by Gasteiger charge is 2.34. The molecule has 1 unspecified atom stereocenters. The Hall–Kier alpha value is -2.44. The summed E-state index contributed by atoms with van der Waals surface area (Å²) in [5.74, 6) is -1.83. The molecule has 1 rings (SSSR count). The molecule has 0 spiro atoms. The third kappa shape index (κ3) is 4.28. The number of nitrogens with zero attached hydrogens (tertiary/aromatic N) is 1. The van der Waals surface area contributed by atoms with Crippen molar-refractivity contribution in [1.29, 1.82) is 0 Å². The van der Waals surface area contributed by atoms with Gasteiger partial charge >= 0.3 is 5.97 Å². The van der Waals surface area contributed by atoms with Crippen molar-refractivity contribution in [3.05, 3.63) is 39.4 Å². The fourth-order valence-corrected chi connectivity index (χ4v) is 2.38. The molecule has 1 aromatic carbocycles. The molecule has 2 N–H and O–H groups in total. The summed E-state index contributed by atoms with van der Waals surface area (Å²) in [7, 11) is 0. The monoisotopic (exact) mass is 322 g/mol. The average Bonchev–Trinajstić information content (AvgIpc) is 2.46. The Morgan fingerprint density at radius 1 is 1.39 bits per heavy atom. The molecule has 1 aromatic rings. The van der Waals surface area contributed by atoms with E-state index in [2.05, 4.69) is 5.32 Å². The number of nitro benzene ring substituents is 1. The molecule has 0 aromatic heterocycles. The summed E-state index contributed by atoms with van der Waals surface area (Å²) >= 11 is 0. The Balaban J connectivity index is 3.16. The van der Waals surface area contributed by atoms with Crippen molar-refractivity contribution >= 4 is 17.6 Å². The Labute approximate surface area is 134 Å². The molecule has 1 amide bonds. The van der Waals surface area contributed by atoms with Crippen LogP contribution < -0.4 is 5.32 Å². The molecule has 0 aliphatic carbocycles. The van der Waals surface area contributed by atoms with E-state index in [0.29, 0.717) is 12.0 Å². The van der Waals surface area contributed by atoms with Crippen molar-refractivity contribution in [2.75, 3.05) is 0 Å². The quantitative estimate of drug-likeness (QED) is 0.592. The van der Waals surface area contributed by atoms with E-state index in [1.165, 1.54) is 25.1 Å². The summed E-state index contributed by atoms with van der Waals surface area (Å²) in [6.45, 7) is 6.89. The number of carboxylic acids is 1. The summed E-state index contributed by atoms with van der Waals surface area (Å²) in [6.07, 6.45) is 0.843. The number of benzene rings is 1. The van der Waals surface area contributed by atoms with Crippen LogP contribution in [0.15, 0.2) is 18.2 Å². The van der Waals surface area contributed by atoms with E-state index in [9.17, 15) is 24.8 Å². The van der Waals surface area contributed by atoms with Gasteiger partial charge in [0.2, 0.25) is 0 Å². The Bertz CT molecular complexity index is 627. The molecule has 0 saturated carbocycles. The minimum atomic E-state index is -1.41. The van der Waals surface area contributed by atoms with Crippen LogP contribution in [-0.2, 0) is 4.79 Å². The zero-order chi connectivity index (χ0) is 17.8. The van der Waals surface area contributed by atoms with Crippen LogP contribution in [0.1, 0.15) is 62.4 Å². The van der Waals surface area contributed by atoms with E-state index < -0.39 is 22.3 Å². The van der Waals surface area contributed by atoms with Gasteiger partial charge in [-0.1, -0.05) is 33.3 Å². The Morgan fingerprint density at radius 3 is 2.43 bits per heavy atom. The highest BCUT2D eigenvalue weighted by atomic mass is 16.6. The van der Waals surface area contributed by atoms with Crippen LogP contribution in [0.4, 0.5) is 5.69 Å². The molecule has 0 bridgehead atoms. The second-order valence-corrected chi connectivity index (χ2v) is 6.03. The minimum Gasteiger partial charge on any atom is -0.480 e. The van der Waals surface area contributed by atoms with Crippen LogP contribution in [0, 0.1) is 10.1 Å². The maximum atomic E-state index is 12.3. The summed E-state index contributed by atoms with van der Waals surface area (Å²) in [5, 5.41) is 22.9. The first-order chi connectivity index (χ1) is 10.6. The Morgan fingerprint density at radius 2 is 2.00 bits per heavy atom. The summed E-state index contributed by atoms with van der Waals surface area (Å²) in [5.41, 5.74) is -0.942. The van der Waals surface area contributed by atoms with Gasteiger partial charge in [-0.25, -0.2) is 4.79 Å². The highest BCUT2D eigenvalue weighted by molar-refractivity contribution is 5.98. The lowest BCUT2D eigenvalue weighted by Gasteiger charge is -2.25. The van der Waals surface area contributed by atoms with E-state index in [4.69, 9.17) is 0 Å². The molecule has 1 atom stereocenters. The SMILES string of the molecule is CCCC(C)(NC(=O)c1ccc(C(C)C)c([N+](=O)[O-])c1)C(=O)O. The lowest BCUT2D eigenvalue weighted by atomic mass is 9.95. The fourth-order valence-electron chi connectivity index (χ4n) is 2.38. The number of nitrogens with one attached hydrogen (secondary N) is 1. The second-order valence-electron chi connectivity index (χ2n) is 6.03. The topological polar surface area (TPSA) is 110 Å². The molecule has 23 heavy (non-hydrogen) atoms. The number of carbonyl (C=O) groups is 2. The van der Waals surface area contributed by atoms with Crippen molar-refractivity contribution in [3.8, 4) is 0 Å². The number of hydrogen-bond donors (Lipinski definition) is 2. The van der Waals surface area contributed by atoms with Crippen LogP contribution in [0.5, 0.6) is 0 Å². The number of aliphatic carboxylic acids is 1. The first kappa shape index (κ1) is 18.6. The lowest BCUT2D eigenvalue weighted by molar-refractivity contribution is -0.385. The predicted molar refractivity (Wildman–Crippen MR) is 85.6 cm³/mol. The van der Waals surface area contributed by atoms with Crippen LogP contribution in [-0.4, -0.2) is 27.4 Å². The zero-order valence-corrected chi connectivity index (χ0v) is 13.8. The molecule has 0 fully saturated rings. The van der Waals surface area contributed by atoms with Crippen LogP contribution in [0.2, 0.25) is 0 Å². The van der Waals surface area contributed by atoms with Gasteiger partial charge in [0, 0.05) is 17.2 Å². The van der Waals surface area contributed by atoms with Gasteiger partial charge in [-0.05, 0) is 25.3 Å². The molecule has 0 aliphatic rings. The molecule has 7 nitrogen and oxygen atoms in total. The van der Waals surface area contributed by atoms with Crippen molar-refractivity contribution in [2.24, 2.45) is 0 Å². The van der Waals surface area contributed by atoms with E-state index in [0.717, 1.165) is 0 Å². The lowest BCUT2D eigenvalue weighted by Crippen LogP contribution is -2.52. The molecule has 0 saturated heterocycles. The third-order valence-corrected chi connectivity index (χ3v) is 3.72. The fraction of sp³-hybridized carbons (Fsp3) is 0.500. The van der Waals surface area contributed by atoms with E-state index >= 15 is 0 Å². The molecule has 126 valence electrons. The second kappa shape index (κ2) is 7.21. The van der Waals surface area contributed by atoms with Crippen molar-refractivity contribution < 1.29 is 19.6 Å². The van der Waals surface area contributed by atoms with Gasteiger partial charge in [-0.15, -0.1) is 0 Å². The standard InChI is InChI=1S/C16H22N2O5/c1-5-8-16(4,15(20)21)17-14(19)11-6-7-12(10(2)3)13(9-11)18(22)23/h6-7,9-10H,5,8H2,1-4H3,(H,17,19)(H,20,21). The smallest absolute Gasteiger partial charge is 0.329 e. The van der Waals surface area contributed by atoms with Crippen LogP contribution >= 0.6 is 0 Å². The number of carboxylic acid groups (broad SMARTS) is 1. The summed E-state index contributed by atoms with van der Waals surface area (Å²) in [4.78, 5) is 34.3. The van der Waals surface area contributed by atoms with E-state index in [1.807, 2.05) is 20.8 Å². The van der Waals surface area contributed by atoms with Gasteiger partial charge in [-0.3, -0.25) is 14.9 Å². The van der Waals surface area contributed by atoms with E-state index in [-0.39, 0.29) is 23.6 Å². The van der Waals surface area contributed by atoms with Crippen molar-refractivity contribution in [2.45, 2.75) is 52.0 Å². The molecular weight excluding hydrogens is 300 g/mol. The normalized spacial score (nSPS) is 13.4. The van der Waals surface area contributed by atoms with Gasteiger partial charge in [-0.2, -0.15) is 0 Å². The first-order valence-electron chi connectivity index (χ1n) is 7.46. The average molecular weight is 322 g/mol. The van der Waals surface area contributed by atoms with Crippen molar-refractivity contribution in [3.63, 3.8) is 0 Å². The van der Waals surface area contributed by atoms with Gasteiger partial charge in [0.25, 0.3) is 11.6 Å². The third-order valence-electron chi connectivity index (χ3n) is 3.72. The Kier molecular flexibility index (Phi) is 5.84. The maximum Gasteiger partial charge on any atom is 0.329 e. The van der Waals surface area contributed by atoms with Gasteiger partial charge in [0.1, 0.15) is 5.54 Å². The summed E-state index contributed by atoms with van der Waals surface area (Å²) in [6, 6.07) is 4.21. The number of amides is 1. The predicted octanol–water partition coefficient (Wildman–Crippen LogP) is 3.09. The van der Waals surface area contributed by atoms with Gasteiger partial charge < -0.3 is 10.4 Å². The minimum absolute atomic E-state index is 0.0584. The van der Waals surface area contributed by atoms with Gasteiger partial charge in [0.05, 0.1) is 4.92 Å². The number of rotatable bonds is 7. The van der Waals surface area contributed by atoms with E-state index in [1.54, 1.807) is 0 Å². The number of nitro groups is 1. The molecule has 7 heteroatoms. The highest BCUT2D eigenvalue weighted by Crippen LogP contribution is 2.27. The molecule has 0 heterocycles. The molecule has 0 aliphatic heterocycles. The van der Waals surface area contributed by atoms with Crippen molar-refractivity contribution in [1.82, 2.24) is 5.32 Å². The largest absolute Gasteiger partial charge is 0.480 e. The van der Waals surface area contributed by atoms with Crippen LogP contribution in [0.3, 0.4) is 0 Å². The maximum absolute atomic E-state index is 12.3. The van der Waals surface area contributed by atoms with Gasteiger partial charge in [0.15, 0.2) is 0 Å². The summed E-state index contributed by atoms with van der Waals surface area (Å²) < 4.78 is 0. The number of hydrogen-bond acceptors (Lipinski definition) is 4. The molecular formula is C16H22N2O5. The number of carbonyl (C=O) groups excluding carboxylic acids is 1.